The Morgan fingerprint density at radius 3 is 2.83 bits per heavy atom. The Bertz CT molecular complexity index is 817. The molecule has 1 aliphatic heterocycles. The minimum absolute atomic E-state index is 0.000442. The van der Waals surface area contributed by atoms with Crippen molar-refractivity contribution in [3.63, 3.8) is 0 Å². The molecular formula is C14H20ClN5O3S. The van der Waals surface area contributed by atoms with Crippen molar-refractivity contribution >= 4 is 33.0 Å². The molecule has 0 atom stereocenters. The van der Waals surface area contributed by atoms with E-state index in [4.69, 9.17) is 16.3 Å². The number of hydrogen-bond acceptors (Lipinski definition) is 6. The first-order valence-corrected chi connectivity index (χ1v) is 9.82. The van der Waals surface area contributed by atoms with Crippen LogP contribution in [-0.4, -0.2) is 65.9 Å². The summed E-state index contributed by atoms with van der Waals surface area (Å²) in [5.74, 6) is 0.000442. The molecule has 0 unspecified atom stereocenters. The van der Waals surface area contributed by atoms with E-state index < -0.39 is 10.0 Å². The van der Waals surface area contributed by atoms with Crippen molar-refractivity contribution in [1.82, 2.24) is 18.9 Å². The molecule has 0 amide bonds. The average Bonchev–Trinajstić information content (AvgIpc) is 2.98. The van der Waals surface area contributed by atoms with Gasteiger partial charge in [-0.15, -0.1) is 0 Å². The lowest BCUT2D eigenvalue weighted by Crippen LogP contribution is -2.42. The molecule has 0 saturated carbocycles. The maximum atomic E-state index is 12.3. The number of imidazole rings is 1. The molecule has 8 nitrogen and oxygen atoms in total. The van der Waals surface area contributed by atoms with Gasteiger partial charge in [0.25, 0.3) is 0 Å². The Labute approximate surface area is 145 Å². The van der Waals surface area contributed by atoms with Crippen LogP contribution in [0.2, 0.25) is 5.15 Å². The van der Waals surface area contributed by atoms with E-state index >= 15 is 0 Å². The smallest absolute Gasteiger partial charge is 0.215 e. The van der Waals surface area contributed by atoms with Gasteiger partial charge >= 0.3 is 0 Å². The summed E-state index contributed by atoms with van der Waals surface area (Å²) in [6.07, 6.45) is 2.52. The molecule has 2 aromatic rings. The number of nitrogens with zero attached hydrogens (tertiary/aromatic N) is 4. The highest BCUT2D eigenvalue weighted by molar-refractivity contribution is 7.89. The number of fused-ring (bicyclic) bond motifs is 1. The highest BCUT2D eigenvalue weighted by Crippen LogP contribution is 2.20. The summed E-state index contributed by atoms with van der Waals surface area (Å²) in [6, 6.07) is 1.66. The molecule has 2 aromatic heterocycles. The van der Waals surface area contributed by atoms with Crippen LogP contribution in [0.5, 0.6) is 0 Å². The minimum Gasteiger partial charge on any atom is -0.381 e. The van der Waals surface area contributed by atoms with E-state index in [0.29, 0.717) is 42.8 Å². The van der Waals surface area contributed by atoms with Gasteiger partial charge in [-0.3, -0.25) is 0 Å². The predicted molar refractivity (Wildman–Crippen MR) is 92.0 cm³/mol. The fourth-order valence-electron chi connectivity index (χ4n) is 2.62. The number of aryl methyl sites for hydroxylation is 1. The predicted octanol–water partition coefficient (Wildman–Crippen LogP) is 1.02. The molecule has 1 N–H and O–H groups in total. The standard InChI is InChI=1S/C14H20ClN5O3S/c1-2-11-10-17-14-12(9-13(15)18-20(11)14)16-3-8-24(21,22)19-4-6-23-7-5-19/h9-10,16H,2-8H2,1H3. The van der Waals surface area contributed by atoms with E-state index in [9.17, 15) is 8.42 Å². The maximum absolute atomic E-state index is 12.3. The van der Waals surface area contributed by atoms with Crippen molar-refractivity contribution in [2.45, 2.75) is 13.3 Å². The molecule has 0 aliphatic carbocycles. The first-order chi connectivity index (χ1) is 11.5. The van der Waals surface area contributed by atoms with Gasteiger partial charge in [-0.1, -0.05) is 18.5 Å². The topological polar surface area (TPSA) is 88.8 Å². The van der Waals surface area contributed by atoms with Crippen molar-refractivity contribution in [3.05, 3.63) is 23.1 Å². The third-order valence-corrected chi connectivity index (χ3v) is 5.97. The number of anilines is 1. The zero-order chi connectivity index (χ0) is 17.2. The van der Waals surface area contributed by atoms with Crippen LogP contribution < -0.4 is 5.32 Å². The van der Waals surface area contributed by atoms with Gasteiger partial charge in [-0.05, 0) is 6.42 Å². The number of sulfonamides is 1. The highest BCUT2D eigenvalue weighted by Gasteiger charge is 2.23. The third-order valence-electron chi connectivity index (χ3n) is 3.91. The van der Waals surface area contributed by atoms with E-state index in [1.165, 1.54) is 4.31 Å². The lowest BCUT2D eigenvalue weighted by molar-refractivity contribution is 0.0731. The number of rotatable bonds is 6. The number of hydrogen-bond donors (Lipinski definition) is 1. The van der Waals surface area contributed by atoms with Crippen LogP contribution in [0.25, 0.3) is 5.65 Å². The van der Waals surface area contributed by atoms with E-state index in [1.54, 1.807) is 16.8 Å². The van der Waals surface area contributed by atoms with Crippen LogP contribution in [-0.2, 0) is 21.2 Å². The molecule has 1 fully saturated rings. The summed E-state index contributed by atoms with van der Waals surface area (Å²) in [4.78, 5) is 4.34. The fourth-order valence-corrected chi connectivity index (χ4v) is 4.13. The van der Waals surface area contributed by atoms with Crippen molar-refractivity contribution < 1.29 is 13.2 Å². The quantitative estimate of drug-likeness (QED) is 0.813. The van der Waals surface area contributed by atoms with Gasteiger partial charge in [0.05, 0.1) is 36.5 Å². The Morgan fingerprint density at radius 1 is 1.38 bits per heavy atom. The summed E-state index contributed by atoms with van der Waals surface area (Å²) in [5.41, 5.74) is 2.25. The zero-order valence-corrected chi connectivity index (χ0v) is 15.0. The molecule has 10 heteroatoms. The number of halogens is 1. The van der Waals surface area contributed by atoms with Crippen molar-refractivity contribution in [1.29, 1.82) is 0 Å². The van der Waals surface area contributed by atoms with Gasteiger partial charge < -0.3 is 10.1 Å². The Kier molecular flexibility index (Phi) is 5.24. The van der Waals surface area contributed by atoms with E-state index in [2.05, 4.69) is 15.4 Å². The SMILES string of the molecule is CCc1cnc2c(NCCS(=O)(=O)N3CCOCC3)cc(Cl)nn12. The van der Waals surface area contributed by atoms with Gasteiger partial charge in [0, 0.05) is 25.7 Å². The molecular weight excluding hydrogens is 354 g/mol. The molecule has 1 saturated heterocycles. The average molecular weight is 374 g/mol. The molecule has 1 aliphatic rings. The van der Waals surface area contributed by atoms with Crippen LogP contribution in [0.3, 0.4) is 0 Å². The second kappa shape index (κ2) is 7.22. The third kappa shape index (κ3) is 3.64. The highest BCUT2D eigenvalue weighted by atomic mass is 35.5. The van der Waals surface area contributed by atoms with Gasteiger partial charge in [0.15, 0.2) is 10.8 Å². The van der Waals surface area contributed by atoms with E-state index in [1.807, 2.05) is 6.92 Å². The Hall–Kier alpha value is -1.42. The molecule has 0 radical (unpaired) electrons. The maximum Gasteiger partial charge on any atom is 0.215 e. The van der Waals surface area contributed by atoms with E-state index in [0.717, 1.165) is 12.1 Å². The lowest BCUT2D eigenvalue weighted by Gasteiger charge is -2.26. The molecule has 24 heavy (non-hydrogen) atoms. The number of aromatic nitrogens is 3. The molecule has 0 spiro atoms. The van der Waals surface area contributed by atoms with Crippen molar-refractivity contribution in [2.24, 2.45) is 0 Å². The van der Waals surface area contributed by atoms with Crippen LogP contribution >= 0.6 is 11.6 Å². The number of morpholine rings is 1. The number of nitrogens with one attached hydrogen (secondary N) is 1. The van der Waals surface area contributed by atoms with Gasteiger partial charge in [-0.2, -0.15) is 9.40 Å². The monoisotopic (exact) mass is 373 g/mol. The molecule has 3 heterocycles. The molecule has 3 rings (SSSR count). The molecule has 0 bridgehead atoms. The number of ether oxygens (including phenoxy) is 1. The molecule has 132 valence electrons. The van der Waals surface area contributed by atoms with Crippen LogP contribution in [0.4, 0.5) is 5.69 Å². The minimum atomic E-state index is -3.30. The first-order valence-electron chi connectivity index (χ1n) is 7.84. The second-order valence-corrected chi connectivity index (χ2v) is 7.95. The largest absolute Gasteiger partial charge is 0.381 e. The van der Waals surface area contributed by atoms with Gasteiger partial charge in [-0.25, -0.2) is 17.9 Å². The van der Waals surface area contributed by atoms with E-state index in [-0.39, 0.29) is 12.3 Å². The lowest BCUT2D eigenvalue weighted by atomic mass is 10.4. The summed E-state index contributed by atoms with van der Waals surface area (Å²) in [6.45, 7) is 3.99. The summed E-state index contributed by atoms with van der Waals surface area (Å²) >= 11 is 6.06. The Balaban J connectivity index is 1.70. The van der Waals surface area contributed by atoms with Gasteiger partial charge in [0.1, 0.15) is 0 Å². The summed E-state index contributed by atoms with van der Waals surface area (Å²) < 4.78 is 33.0. The fraction of sp³-hybridized carbons (Fsp3) is 0.571. The van der Waals surface area contributed by atoms with Crippen molar-refractivity contribution in [3.8, 4) is 0 Å². The van der Waals surface area contributed by atoms with Crippen LogP contribution in [0, 0.1) is 0 Å². The van der Waals surface area contributed by atoms with Crippen LogP contribution in [0.1, 0.15) is 12.6 Å². The molecule has 0 aromatic carbocycles. The van der Waals surface area contributed by atoms with Crippen LogP contribution in [0.15, 0.2) is 12.3 Å². The normalized spacial score (nSPS) is 16.6. The van der Waals surface area contributed by atoms with Gasteiger partial charge in [0.2, 0.25) is 10.0 Å². The van der Waals surface area contributed by atoms with Crippen molar-refractivity contribution in [2.75, 3.05) is 43.9 Å². The zero-order valence-electron chi connectivity index (χ0n) is 13.4. The summed E-state index contributed by atoms with van der Waals surface area (Å²) in [7, 11) is -3.30. The Morgan fingerprint density at radius 2 is 2.12 bits per heavy atom. The first kappa shape index (κ1) is 17.4. The second-order valence-electron chi connectivity index (χ2n) is 5.47. The summed E-state index contributed by atoms with van der Waals surface area (Å²) in [5, 5.41) is 7.68.